The number of nitrogens with zero attached hydrogens (tertiary/aromatic N) is 5. The number of nitrogens with one attached hydrogen (secondary N) is 2. The molecule has 1 aliphatic carbocycles. The summed E-state index contributed by atoms with van der Waals surface area (Å²) in [5, 5.41) is 15.5. The lowest BCUT2D eigenvalue weighted by molar-refractivity contribution is -0.0253. The summed E-state index contributed by atoms with van der Waals surface area (Å²) >= 11 is 0. The number of aromatic nitrogens is 5. The van der Waals surface area contributed by atoms with Gasteiger partial charge in [-0.15, -0.1) is 5.10 Å². The van der Waals surface area contributed by atoms with Crippen LogP contribution in [-0.4, -0.2) is 63.0 Å². The zero-order chi connectivity index (χ0) is 23.9. The maximum Gasteiger partial charge on any atom is 0.255 e. The van der Waals surface area contributed by atoms with Crippen molar-refractivity contribution in [2.45, 2.75) is 44.2 Å². The van der Waals surface area contributed by atoms with Crippen molar-refractivity contribution in [3.05, 3.63) is 42.2 Å². The predicted molar refractivity (Wildman–Crippen MR) is 128 cm³/mol. The summed E-state index contributed by atoms with van der Waals surface area (Å²) in [6, 6.07) is 7.77. The Labute approximate surface area is 197 Å². The molecule has 0 saturated heterocycles. The van der Waals surface area contributed by atoms with E-state index in [-0.39, 0.29) is 17.6 Å². The third-order valence-corrected chi connectivity index (χ3v) is 6.79. The van der Waals surface area contributed by atoms with Crippen molar-refractivity contribution < 1.29 is 14.3 Å². The van der Waals surface area contributed by atoms with Gasteiger partial charge in [0.15, 0.2) is 0 Å². The fourth-order valence-electron chi connectivity index (χ4n) is 4.68. The molecular formula is C24H29N7O3. The molecule has 0 bridgehead atoms. The minimum atomic E-state index is -0.214. The van der Waals surface area contributed by atoms with Crippen LogP contribution < -0.4 is 15.4 Å². The largest absolute Gasteiger partial charge is 0.479 e. The average molecular weight is 464 g/mol. The molecule has 1 saturated carbocycles. The molecule has 0 spiro atoms. The van der Waals surface area contributed by atoms with E-state index in [0.717, 1.165) is 36.8 Å². The van der Waals surface area contributed by atoms with Gasteiger partial charge in [0.25, 0.3) is 5.91 Å². The summed E-state index contributed by atoms with van der Waals surface area (Å²) in [5.41, 5.74) is 3.06. The molecule has 0 aliphatic heterocycles. The smallest absolute Gasteiger partial charge is 0.255 e. The normalized spacial score (nSPS) is 20.5. The van der Waals surface area contributed by atoms with Crippen molar-refractivity contribution in [2.24, 2.45) is 0 Å². The van der Waals surface area contributed by atoms with Crippen molar-refractivity contribution in [2.75, 3.05) is 26.6 Å². The predicted octanol–water partition coefficient (Wildman–Crippen LogP) is 3.17. The van der Waals surface area contributed by atoms with Gasteiger partial charge in [-0.25, -0.2) is 9.03 Å². The van der Waals surface area contributed by atoms with Crippen LogP contribution in [0.2, 0.25) is 0 Å². The second-order valence-electron chi connectivity index (χ2n) is 8.87. The number of fused-ring (bicyclic) bond motifs is 2. The second kappa shape index (κ2) is 8.60. The first-order valence-electron chi connectivity index (χ1n) is 11.4. The third-order valence-electron chi connectivity index (χ3n) is 6.79. The molecule has 0 atom stereocenters. The Balaban J connectivity index is 1.54. The van der Waals surface area contributed by atoms with Gasteiger partial charge in [-0.2, -0.15) is 10.1 Å². The van der Waals surface area contributed by atoms with E-state index in [1.165, 1.54) is 0 Å². The van der Waals surface area contributed by atoms with Crippen LogP contribution in [-0.2, 0) is 4.74 Å². The minimum absolute atomic E-state index is 0.0629. The number of methoxy groups -OCH3 is 2. The molecule has 4 aromatic heterocycles. The Kier molecular flexibility index (Phi) is 5.60. The molecule has 1 fully saturated rings. The van der Waals surface area contributed by atoms with Crippen LogP contribution in [0.15, 0.2) is 36.7 Å². The summed E-state index contributed by atoms with van der Waals surface area (Å²) in [4.78, 5) is 17.4. The number of hydrogen-bond acceptors (Lipinski definition) is 7. The molecule has 178 valence electrons. The van der Waals surface area contributed by atoms with Crippen LogP contribution >= 0.6 is 0 Å². The van der Waals surface area contributed by atoms with Crippen LogP contribution in [0.25, 0.3) is 22.3 Å². The maximum atomic E-state index is 12.8. The average Bonchev–Trinajstić information content (AvgIpc) is 3.46. The first kappa shape index (κ1) is 22.1. The fourth-order valence-corrected chi connectivity index (χ4v) is 4.68. The molecule has 0 aromatic carbocycles. The first-order valence-corrected chi connectivity index (χ1v) is 11.4. The van der Waals surface area contributed by atoms with Crippen molar-refractivity contribution in [3.8, 4) is 17.1 Å². The van der Waals surface area contributed by atoms with Crippen LogP contribution in [0.3, 0.4) is 0 Å². The first-order chi connectivity index (χ1) is 16.5. The monoisotopic (exact) mass is 463 g/mol. The molecule has 10 heteroatoms. The van der Waals surface area contributed by atoms with E-state index in [4.69, 9.17) is 14.6 Å². The number of ether oxygens (including phenoxy) is 2. The van der Waals surface area contributed by atoms with Crippen LogP contribution in [0.1, 0.15) is 43.0 Å². The van der Waals surface area contributed by atoms with E-state index in [0.29, 0.717) is 28.6 Å². The van der Waals surface area contributed by atoms with Crippen molar-refractivity contribution in [1.82, 2.24) is 29.5 Å². The highest BCUT2D eigenvalue weighted by Gasteiger charge is 2.31. The SMILES string of the molecule is CNC(=O)c1c(-c2ccn3nc(NC4CCC(C)(OC)CC4)nc(OC)c23)nn2ccccc12. The van der Waals surface area contributed by atoms with E-state index in [1.54, 1.807) is 30.3 Å². The quantitative estimate of drug-likeness (QED) is 0.452. The molecule has 1 aliphatic rings. The minimum Gasteiger partial charge on any atom is -0.479 e. The number of anilines is 1. The van der Waals surface area contributed by atoms with Gasteiger partial charge in [0.2, 0.25) is 11.8 Å². The van der Waals surface area contributed by atoms with Gasteiger partial charge in [-0.05, 0) is 50.8 Å². The van der Waals surface area contributed by atoms with Gasteiger partial charge >= 0.3 is 0 Å². The molecule has 1 amide bonds. The molecule has 2 N–H and O–H groups in total. The maximum absolute atomic E-state index is 12.8. The fraction of sp³-hybridized carbons (Fsp3) is 0.417. The van der Waals surface area contributed by atoms with Crippen molar-refractivity contribution in [1.29, 1.82) is 0 Å². The van der Waals surface area contributed by atoms with E-state index in [1.807, 2.05) is 36.7 Å². The van der Waals surface area contributed by atoms with Gasteiger partial charge in [0, 0.05) is 38.2 Å². The molecular weight excluding hydrogens is 434 g/mol. The third kappa shape index (κ3) is 3.73. The summed E-state index contributed by atoms with van der Waals surface area (Å²) in [6.45, 7) is 2.16. The summed E-state index contributed by atoms with van der Waals surface area (Å²) < 4.78 is 14.7. The van der Waals surface area contributed by atoms with Crippen LogP contribution in [0.5, 0.6) is 5.88 Å². The van der Waals surface area contributed by atoms with Gasteiger partial charge < -0.3 is 20.1 Å². The van der Waals surface area contributed by atoms with Crippen LogP contribution in [0.4, 0.5) is 5.95 Å². The molecule has 4 aromatic rings. The van der Waals surface area contributed by atoms with Crippen molar-refractivity contribution >= 4 is 22.9 Å². The Hall–Kier alpha value is -3.66. The second-order valence-corrected chi connectivity index (χ2v) is 8.87. The highest BCUT2D eigenvalue weighted by Crippen LogP contribution is 2.35. The van der Waals surface area contributed by atoms with E-state index < -0.39 is 0 Å². The molecule has 5 rings (SSSR count). The molecule has 0 radical (unpaired) electrons. The number of amides is 1. The molecule has 34 heavy (non-hydrogen) atoms. The summed E-state index contributed by atoms with van der Waals surface area (Å²) in [6.07, 6.45) is 7.55. The van der Waals surface area contributed by atoms with Gasteiger partial charge in [0.05, 0.1) is 23.8 Å². The summed E-state index contributed by atoms with van der Waals surface area (Å²) in [5.74, 6) is 0.697. The molecule has 4 heterocycles. The summed E-state index contributed by atoms with van der Waals surface area (Å²) in [7, 11) is 4.97. The topological polar surface area (TPSA) is 107 Å². The molecule has 10 nitrogen and oxygen atoms in total. The Morgan fingerprint density at radius 1 is 1.12 bits per heavy atom. The Bertz CT molecular complexity index is 1350. The lowest BCUT2D eigenvalue weighted by Gasteiger charge is -2.36. The number of pyridine rings is 1. The number of hydrogen-bond donors (Lipinski definition) is 2. The standard InChI is InChI=1S/C24H29N7O3/c1-24(34-4)11-8-15(9-12-24)26-23-27-22(33-3)20-16(10-14-31(20)29-23)19-18(21(32)25-2)17-7-5-6-13-30(17)28-19/h5-7,10,13-15H,8-9,11-12H2,1-4H3,(H,25,32)(H,26,29). The van der Waals surface area contributed by atoms with E-state index in [2.05, 4.69) is 27.6 Å². The van der Waals surface area contributed by atoms with Gasteiger partial charge in [-0.3, -0.25) is 4.79 Å². The lowest BCUT2D eigenvalue weighted by atomic mass is 9.83. The van der Waals surface area contributed by atoms with Gasteiger partial charge in [0.1, 0.15) is 11.2 Å². The van der Waals surface area contributed by atoms with Gasteiger partial charge in [-0.1, -0.05) is 6.07 Å². The Morgan fingerprint density at radius 2 is 1.91 bits per heavy atom. The number of carbonyl (C=O) groups is 1. The van der Waals surface area contributed by atoms with E-state index in [9.17, 15) is 4.79 Å². The number of carbonyl (C=O) groups excluding carboxylic acids is 1. The highest BCUT2D eigenvalue weighted by molar-refractivity contribution is 6.08. The molecule has 0 unspecified atom stereocenters. The zero-order valence-electron chi connectivity index (χ0n) is 19.8. The Morgan fingerprint density at radius 3 is 2.62 bits per heavy atom. The lowest BCUT2D eigenvalue weighted by Crippen LogP contribution is -2.37. The van der Waals surface area contributed by atoms with E-state index >= 15 is 0 Å². The highest BCUT2D eigenvalue weighted by atomic mass is 16.5. The number of rotatable bonds is 6. The zero-order valence-corrected chi connectivity index (χ0v) is 19.8. The van der Waals surface area contributed by atoms with Crippen LogP contribution in [0, 0.1) is 0 Å². The van der Waals surface area contributed by atoms with Crippen molar-refractivity contribution in [3.63, 3.8) is 0 Å².